The van der Waals surface area contributed by atoms with Crippen molar-refractivity contribution in [1.29, 1.82) is 0 Å². The van der Waals surface area contributed by atoms with E-state index in [2.05, 4.69) is 47.9 Å². The first kappa shape index (κ1) is 73.6. The molecule has 87 heavy (non-hydrogen) atoms. The first-order valence-corrected chi connectivity index (χ1v) is 26.9. The van der Waals surface area contributed by atoms with Gasteiger partial charge in [0.15, 0.2) is 0 Å². The number of phenolic OH excluding ortho intramolecular Hbond substituents is 2. The lowest BCUT2D eigenvalue weighted by Crippen LogP contribution is -2.61. The van der Waals surface area contributed by atoms with Gasteiger partial charge >= 0.3 is 11.9 Å². The molecule has 12 amide bonds. The molecule has 10 atom stereocenters. The summed E-state index contributed by atoms with van der Waals surface area (Å²) < 4.78 is 0. The van der Waals surface area contributed by atoms with Crippen LogP contribution in [0.25, 0.3) is 0 Å². The molecule has 0 aromatic heterocycles. The Labute approximate surface area is 497 Å². The van der Waals surface area contributed by atoms with Gasteiger partial charge in [-0.2, -0.15) is 0 Å². The van der Waals surface area contributed by atoms with E-state index in [0.29, 0.717) is 5.56 Å². The molecule has 0 spiro atoms. The van der Waals surface area contributed by atoms with Crippen LogP contribution in [-0.2, 0) is 80.0 Å². The number of primary amides is 2. The van der Waals surface area contributed by atoms with E-state index in [1.807, 2.05) is 5.32 Å². The number of aliphatic carboxylic acids is 2. The van der Waals surface area contributed by atoms with Gasteiger partial charge in [0, 0.05) is 19.3 Å². The fourth-order valence-corrected chi connectivity index (χ4v) is 7.88. The molecule has 23 N–H and O–H groups in total. The number of aromatic hydroxyl groups is 2. The Hall–Kier alpha value is -9.54. The van der Waals surface area contributed by atoms with Gasteiger partial charge < -0.3 is 106 Å². The Kier molecular flexibility index (Phi) is 30.7. The zero-order valence-electron chi connectivity index (χ0n) is 47.9. The average molecular weight is 1230 g/mol. The van der Waals surface area contributed by atoms with Crippen LogP contribution in [0, 0.1) is 11.8 Å². The molecule has 0 bridgehead atoms. The number of nitrogens with two attached hydrogens (primary N) is 3. The minimum atomic E-state index is -2.14. The number of amides is 12. The summed E-state index contributed by atoms with van der Waals surface area (Å²) in [4.78, 5) is 182. The molecule has 34 heteroatoms. The van der Waals surface area contributed by atoms with Crippen molar-refractivity contribution >= 4 is 82.8 Å². The molecule has 0 fully saturated rings. The molecule has 0 aliphatic heterocycles. The molecule has 2 aromatic carbocycles. The molecule has 0 radical (unpaired) electrons. The van der Waals surface area contributed by atoms with E-state index in [1.165, 1.54) is 62.4 Å². The van der Waals surface area contributed by atoms with E-state index in [9.17, 15) is 103 Å². The van der Waals surface area contributed by atoms with E-state index in [1.54, 1.807) is 13.8 Å². The highest BCUT2D eigenvalue weighted by atomic mass is 16.4. The summed E-state index contributed by atoms with van der Waals surface area (Å²) in [5.41, 5.74) is 16.9. The Morgan fingerprint density at radius 2 is 0.816 bits per heavy atom. The number of rotatable bonds is 38. The first-order chi connectivity index (χ1) is 40.8. The normalized spacial score (nSPS) is 14.5. The van der Waals surface area contributed by atoms with Gasteiger partial charge in [-0.3, -0.25) is 62.3 Å². The number of carboxylic acids is 2. The van der Waals surface area contributed by atoms with Crippen molar-refractivity contribution in [2.24, 2.45) is 29.0 Å². The van der Waals surface area contributed by atoms with Gasteiger partial charge in [-0.05, 0) is 60.1 Å². The van der Waals surface area contributed by atoms with Crippen molar-refractivity contribution in [3.63, 3.8) is 0 Å². The lowest BCUT2D eigenvalue weighted by molar-refractivity contribution is -0.143. The Morgan fingerprint density at radius 1 is 0.448 bits per heavy atom. The maximum Gasteiger partial charge on any atom is 0.326 e. The number of nitrogens with one attached hydrogen (secondary N) is 10. The highest BCUT2D eigenvalue weighted by Crippen LogP contribution is 2.15. The van der Waals surface area contributed by atoms with Crippen LogP contribution >= 0.6 is 0 Å². The molecule has 0 heterocycles. The van der Waals surface area contributed by atoms with Crippen LogP contribution in [0.3, 0.4) is 0 Å². The lowest BCUT2D eigenvalue weighted by Gasteiger charge is -2.27. The predicted octanol–water partition coefficient (Wildman–Crippen LogP) is -7.93. The summed E-state index contributed by atoms with van der Waals surface area (Å²) in [6, 6.07) is -6.73. The molecule has 34 nitrogen and oxygen atoms in total. The van der Waals surface area contributed by atoms with Crippen LogP contribution in [0.5, 0.6) is 11.5 Å². The topological polar surface area (TPSA) is 579 Å². The molecule has 0 unspecified atom stereocenters. The van der Waals surface area contributed by atoms with Crippen molar-refractivity contribution in [2.45, 2.75) is 133 Å². The number of aliphatic hydroxyl groups is 3. The summed E-state index contributed by atoms with van der Waals surface area (Å²) in [5, 5.41) is 91.3. The van der Waals surface area contributed by atoms with Gasteiger partial charge in [-0.25, -0.2) is 4.79 Å². The molecule has 0 saturated heterocycles. The number of phenols is 2. The van der Waals surface area contributed by atoms with Crippen LogP contribution in [0.15, 0.2) is 48.5 Å². The van der Waals surface area contributed by atoms with Gasteiger partial charge in [-0.15, -0.1) is 0 Å². The number of aliphatic hydroxyl groups excluding tert-OH is 3. The molecule has 2 rings (SSSR count). The third-order valence-corrected chi connectivity index (χ3v) is 12.6. The summed E-state index contributed by atoms with van der Waals surface area (Å²) in [7, 11) is 0. The number of benzene rings is 2. The lowest BCUT2D eigenvalue weighted by atomic mass is 10.0. The number of hydrogen-bond acceptors (Lipinski definition) is 20. The van der Waals surface area contributed by atoms with Crippen molar-refractivity contribution < 1.29 is 103 Å². The van der Waals surface area contributed by atoms with Crippen LogP contribution in [0.2, 0.25) is 0 Å². The second kappa shape index (κ2) is 36.3. The number of carboxylic acid groups (broad SMARTS) is 2. The number of carbonyl (C=O) groups excluding carboxylic acids is 12. The number of hydrogen-bond donors (Lipinski definition) is 20. The Balaban J connectivity index is 2.29. The minimum absolute atomic E-state index is 0.104. The monoisotopic (exact) mass is 1230 g/mol. The van der Waals surface area contributed by atoms with Gasteiger partial charge in [0.2, 0.25) is 70.9 Å². The predicted molar refractivity (Wildman–Crippen MR) is 300 cm³/mol. The molecular weight excluding hydrogens is 1150 g/mol. The molecule has 0 saturated carbocycles. The summed E-state index contributed by atoms with van der Waals surface area (Å²) >= 11 is 0. The quantitative estimate of drug-likeness (QED) is 0.0297. The van der Waals surface area contributed by atoms with Gasteiger partial charge in [0.1, 0.15) is 65.9 Å². The van der Waals surface area contributed by atoms with Crippen molar-refractivity contribution in [2.75, 3.05) is 26.4 Å². The fraction of sp³-hybridized carbons (Fsp3) is 0.509. The van der Waals surface area contributed by atoms with E-state index in [4.69, 9.17) is 17.2 Å². The van der Waals surface area contributed by atoms with E-state index in [0.717, 1.165) is 0 Å². The maximum atomic E-state index is 13.9. The first-order valence-electron chi connectivity index (χ1n) is 26.9. The van der Waals surface area contributed by atoms with E-state index >= 15 is 0 Å². The van der Waals surface area contributed by atoms with Crippen LogP contribution < -0.4 is 70.4 Å². The fourth-order valence-electron chi connectivity index (χ4n) is 7.88. The highest BCUT2D eigenvalue weighted by molar-refractivity contribution is 6.00. The maximum absolute atomic E-state index is 13.9. The zero-order chi connectivity index (χ0) is 65.8. The largest absolute Gasteiger partial charge is 0.508 e. The molecule has 480 valence electrons. The summed E-state index contributed by atoms with van der Waals surface area (Å²) in [6.45, 7) is 2.07. The van der Waals surface area contributed by atoms with Crippen LogP contribution in [-0.4, -0.2) is 205 Å². The Morgan fingerprint density at radius 3 is 1.23 bits per heavy atom. The third kappa shape index (κ3) is 26.5. The smallest absolute Gasteiger partial charge is 0.326 e. The third-order valence-electron chi connectivity index (χ3n) is 12.6. The standard InChI is InChI=1S/C53H77N13O21/c1-24(2)15-31(46(79)64-36(21-67)45(78)57-20-41(74)58-32(16-26-5-9-28(70)10-6-26)50(83)66-43(25(3)4)53(86)87)59-52(85)38(23-69)65-48(81)34(18-40(56)73)61-49(82)35(19-42(75)76)62-47(80)33(17-27-7-11-29(71)12-8-27)60-51(84)37(22-68)63-44(77)30(54)13-14-39(55)72/h5-12,24-25,30-38,43,67-71H,13-23,54H2,1-4H3,(H2,55,72)(H2,56,73)(H,57,78)(H,58,74)(H,59,85)(H,60,84)(H,61,82)(H,62,80)(H,63,77)(H,64,79)(H,65,81)(H,66,83)(H,75,76)(H,86,87)/t30-,31-,32-,33-,34-,35-,36-,37-,38-,43-/m0/s1. The van der Waals surface area contributed by atoms with Crippen molar-refractivity contribution in [3.05, 3.63) is 59.7 Å². The molecular formula is C53H77N13O21. The van der Waals surface area contributed by atoms with Crippen LogP contribution in [0.4, 0.5) is 0 Å². The highest BCUT2D eigenvalue weighted by Gasteiger charge is 2.37. The van der Waals surface area contributed by atoms with Crippen molar-refractivity contribution in [1.82, 2.24) is 53.2 Å². The van der Waals surface area contributed by atoms with Gasteiger partial charge in [-0.1, -0.05) is 52.0 Å². The van der Waals surface area contributed by atoms with Gasteiger partial charge in [0.05, 0.1) is 45.2 Å². The zero-order valence-corrected chi connectivity index (χ0v) is 47.9. The average Bonchev–Trinajstić information content (AvgIpc) is 2.88. The van der Waals surface area contributed by atoms with Gasteiger partial charge in [0.25, 0.3) is 0 Å². The second-order valence-electron chi connectivity index (χ2n) is 20.6. The minimum Gasteiger partial charge on any atom is -0.508 e. The molecule has 2 aromatic rings. The Bertz CT molecular complexity index is 2770. The SMILES string of the molecule is CC(C)C[C@H](NC(=O)[C@H](CO)NC(=O)[C@H](CC(N)=O)NC(=O)[C@H](CC(=O)O)NC(=O)[C@H](Cc1ccc(O)cc1)NC(=O)[C@H](CO)NC(=O)[C@@H](N)CCC(N)=O)C(=O)N[C@@H](CO)C(=O)NCC(=O)N[C@@H](Cc1ccc(O)cc1)C(=O)N[C@H](C(=O)O)C(C)C. The summed E-state index contributed by atoms with van der Waals surface area (Å²) in [6.07, 6.45) is -3.68. The van der Waals surface area contributed by atoms with E-state index < -0.39 is 201 Å². The van der Waals surface area contributed by atoms with Crippen molar-refractivity contribution in [3.8, 4) is 11.5 Å². The molecule has 0 aliphatic rings. The van der Waals surface area contributed by atoms with E-state index in [-0.39, 0.29) is 42.7 Å². The van der Waals surface area contributed by atoms with Crippen LogP contribution in [0.1, 0.15) is 70.9 Å². The molecule has 0 aliphatic carbocycles. The number of carbonyl (C=O) groups is 14. The second-order valence-corrected chi connectivity index (χ2v) is 20.6. The summed E-state index contributed by atoms with van der Waals surface area (Å²) in [5.74, 6) is -18.2.